The summed E-state index contributed by atoms with van der Waals surface area (Å²) in [6.45, 7) is 2.61. The summed E-state index contributed by atoms with van der Waals surface area (Å²) < 4.78 is 0. The van der Waals surface area contributed by atoms with E-state index in [-0.39, 0.29) is 0 Å². The number of hydrogen-bond donors (Lipinski definition) is 2. The molecule has 1 heterocycles. The van der Waals surface area contributed by atoms with Crippen LogP contribution >= 0.6 is 11.3 Å². The third-order valence-electron chi connectivity index (χ3n) is 3.37. The molecule has 0 aromatic carbocycles. The molecule has 1 aromatic heterocycles. The fourth-order valence-electron chi connectivity index (χ4n) is 2.19. The molecule has 1 aromatic rings. The second-order valence-electron chi connectivity index (χ2n) is 4.34. The lowest BCUT2D eigenvalue weighted by molar-refractivity contribution is -0.146. The molecule has 0 spiro atoms. The van der Waals surface area contributed by atoms with Crippen LogP contribution in [-0.4, -0.2) is 16.6 Å². The van der Waals surface area contributed by atoms with Crippen LogP contribution < -0.4 is 5.32 Å². The van der Waals surface area contributed by atoms with Crippen LogP contribution in [0.1, 0.15) is 31.1 Å². The number of carboxylic acid groups (broad SMARTS) is 1. The summed E-state index contributed by atoms with van der Waals surface area (Å²) in [5.74, 6) is -0.385. The number of carbonyl (C=O) groups is 1. The zero-order chi connectivity index (χ0) is 11.6. The summed E-state index contributed by atoms with van der Waals surface area (Å²) >= 11 is 1.66. The van der Waals surface area contributed by atoms with Crippen LogP contribution in [0.4, 0.5) is 0 Å². The van der Waals surface area contributed by atoms with Gasteiger partial charge < -0.3 is 5.11 Å². The Morgan fingerprint density at radius 3 is 2.88 bits per heavy atom. The Kier molecular flexibility index (Phi) is 3.30. The Bertz CT molecular complexity index is 359. The largest absolute Gasteiger partial charge is 0.480 e. The van der Waals surface area contributed by atoms with Gasteiger partial charge in [-0.25, -0.2) is 0 Å². The summed E-state index contributed by atoms with van der Waals surface area (Å²) in [6.07, 6.45) is 2.73. The Morgan fingerprint density at radius 1 is 1.69 bits per heavy atom. The van der Waals surface area contributed by atoms with Crippen molar-refractivity contribution in [3.63, 3.8) is 0 Å². The molecular weight excluding hydrogens is 222 g/mol. The summed E-state index contributed by atoms with van der Waals surface area (Å²) in [5, 5.41) is 14.7. The molecule has 1 unspecified atom stereocenters. The minimum absolute atomic E-state index is 0.315. The maximum absolute atomic E-state index is 11.4. The zero-order valence-electron chi connectivity index (χ0n) is 9.40. The number of rotatable bonds is 6. The van der Waals surface area contributed by atoms with Crippen molar-refractivity contribution in [2.75, 3.05) is 0 Å². The van der Waals surface area contributed by atoms with Crippen molar-refractivity contribution < 1.29 is 9.90 Å². The van der Waals surface area contributed by atoms with E-state index in [1.807, 2.05) is 24.4 Å². The highest BCUT2D eigenvalue weighted by atomic mass is 32.1. The second-order valence-corrected chi connectivity index (χ2v) is 5.37. The molecule has 0 bridgehead atoms. The van der Waals surface area contributed by atoms with Crippen molar-refractivity contribution >= 4 is 17.3 Å². The Balaban J connectivity index is 2.04. The van der Waals surface area contributed by atoms with Crippen LogP contribution in [0, 0.1) is 5.92 Å². The highest BCUT2D eigenvalue weighted by Crippen LogP contribution is 2.42. The van der Waals surface area contributed by atoms with Gasteiger partial charge >= 0.3 is 5.97 Å². The summed E-state index contributed by atoms with van der Waals surface area (Å²) in [6, 6.07) is 4.03. The second kappa shape index (κ2) is 4.55. The molecule has 1 aliphatic carbocycles. The Labute approximate surface area is 99.5 Å². The van der Waals surface area contributed by atoms with Crippen LogP contribution in [0.25, 0.3) is 0 Å². The lowest BCUT2D eigenvalue weighted by Crippen LogP contribution is -2.53. The lowest BCUT2D eigenvalue weighted by Gasteiger charge is -2.29. The summed E-state index contributed by atoms with van der Waals surface area (Å²) in [5.41, 5.74) is -0.704. The van der Waals surface area contributed by atoms with Crippen LogP contribution in [-0.2, 0) is 11.3 Å². The van der Waals surface area contributed by atoms with E-state index in [0.717, 1.165) is 12.8 Å². The first-order valence-electron chi connectivity index (χ1n) is 5.70. The van der Waals surface area contributed by atoms with Gasteiger partial charge in [0.2, 0.25) is 0 Å². The minimum Gasteiger partial charge on any atom is -0.480 e. The van der Waals surface area contributed by atoms with Gasteiger partial charge in [-0.1, -0.05) is 13.0 Å². The molecular formula is C12H17NO2S. The van der Waals surface area contributed by atoms with Gasteiger partial charge in [-0.3, -0.25) is 10.1 Å². The molecule has 2 rings (SSSR count). The number of aliphatic carboxylic acids is 1. The molecule has 1 aliphatic rings. The summed E-state index contributed by atoms with van der Waals surface area (Å²) in [7, 11) is 0. The minimum atomic E-state index is -0.704. The highest BCUT2D eigenvalue weighted by Gasteiger charge is 2.49. The van der Waals surface area contributed by atoms with E-state index >= 15 is 0 Å². The highest BCUT2D eigenvalue weighted by molar-refractivity contribution is 7.09. The topological polar surface area (TPSA) is 49.3 Å². The number of nitrogens with one attached hydrogen (secondary N) is 1. The molecule has 1 fully saturated rings. The van der Waals surface area contributed by atoms with E-state index in [2.05, 4.69) is 5.32 Å². The molecule has 2 N–H and O–H groups in total. The van der Waals surface area contributed by atoms with E-state index in [9.17, 15) is 9.90 Å². The molecule has 88 valence electrons. The molecule has 0 saturated heterocycles. The van der Waals surface area contributed by atoms with E-state index in [0.29, 0.717) is 18.9 Å². The first kappa shape index (κ1) is 11.6. The molecule has 1 saturated carbocycles. The fourth-order valence-corrected chi connectivity index (χ4v) is 2.84. The first-order chi connectivity index (χ1) is 7.69. The fraction of sp³-hybridized carbons (Fsp3) is 0.583. The maximum atomic E-state index is 11.4. The van der Waals surface area contributed by atoms with Crippen LogP contribution in [0.2, 0.25) is 0 Å². The third kappa shape index (κ3) is 2.13. The molecule has 4 heteroatoms. The maximum Gasteiger partial charge on any atom is 0.324 e. The number of thiophene rings is 1. The normalized spacial score (nSPS) is 19.3. The molecule has 0 aliphatic heterocycles. The van der Waals surface area contributed by atoms with Crippen LogP contribution in [0.15, 0.2) is 17.5 Å². The molecule has 3 nitrogen and oxygen atoms in total. The smallest absolute Gasteiger partial charge is 0.324 e. The number of hydrogen-bond acceptors (Lipinski definition) is 3. The lowest BCUT2D eigenvalue weighted by atomic mass is 9.90. The summed E-state index contributed by atoms with van der Waals surface area (Å²) in [4.78, 5) is 12.6. The third-order valence-corrected chi connectivity index (χ3v) is 4.25. The predicted molar refractivity (Wildman–Crippen MR) is 64.5 cm³/mol. The van der Waals surface area contributed by atoms with Gasteiger partial charge in [0.15, 0.2) is 0 Å². The average molecular weight is 239 g/mol. The van der Waals surface area contributed by atoms with Gasteiger partial charge in [-0.2, -0.15) is 0 Å². The average Bonchev–Trinajstić information content (AvgIpc) is 2.97. The van der Waals surface area contributed by atoms with Crippen molar-refractivity contribution in [1.82, 2.24) is 5.32 Å². The van der Waals surface area contributed by atoms with Gasteiger partial charge in [0.05, 0.1) is 0 Å². The van der Waals surface area contributed by atoms with Gasteiger partial charge in [-0.05, 0) is 36.6 Å². The van der Waals surface area contributed by atoms with Gasteiger partial charge in [0, 0.05) is 11.4 Å². The van der Waals surface area contributed by atoms with Crippen molar-refractivity contribution in [3.8, 4) is 0 Å². The molecule has 0 amide bonds. The zero-order valence-corrected chi connectivity index (χ0v) is 10.2. The van der Waals surface area contributed by atoms with Crippen molar-refractivity contribution in [3.05, 3.63) is 22.4 Å². The van der Waals surface area contributed by atoms with Crippen molar-refractivity contribution in [1.29, 1.82) is 0 Å². The van der Waals surface area contributed by atoms with E-state index in [1.54, 1.807) is 11.3 Å². The van der Waals surface area contributed by atoms with E-state index in [1.165, 1.54) is 4.88 Å². The van der Waals surface area contributed by atoms with Crippen molar-refractivity contribution in [2.24, 2.45) is 5.92 Å². The Hall–Kier alpha value is -0.870. The number of carboxylic acids is 1. The van der Waals surface area contributed by atoms with E-state index in [4.69, 9.17) is 0 Å². The standard InChI is InChI=1S/C12H17NO2S/c1-2-12(11(14)15,9-5-6-9)13-8-10-4-3-7-16-10/h3-4,7,9,13H,2,5-6,8H2,1H3,(H,14,15). The van der Waals surface area contributed by atoms with Gasteiger partial charge in [0.1, 0.15) is 5.54 Å². The SMILES string of the molecule is CCC(NCc1cccs1)(C(=O)O)C1CC1. The van der Waals surface area contributed by atoms with E-state index < -0.39 is 11.5 Å². The van der Waals surface area contributed by atoms with Gasteiger partial charge in [0.25, 0.3) is 0 Å². The molecule has 0 radical (unpaired) electrons. The quantitative estimate of drug-likeness (QED) is 0.802. The van der Waals surface area contributed by atoms with Crippen LogP contribution in [0.5, 0.6) is 0 Å². The molecule has 16 heavy (non-hydrogen) atoms. The van der Waals surface area contributed by atoms with Crippen LogP contribution in [0.3, 0.4) is 0 Å². The van der Waals surface area contributed by atoms with Gasteiger partial charge in [-0.15, -0.1) is 11.3 Å². The molecule has 1 atom stereocenters. The first-order valence-corrected chi connectivity index (χ1v) is 6.58. The predicted octanol–water partition coefficient (Wildman–Crippen LogP) is 2.48. The monoisotopic (exact) mass is 239 g/mol. The Morgan fingerprint density at radius 2 is 2.44 bits per heavy atom. The van der Waals surface area contributed by atoms with Crippen molar-refractivity contribution in [2.45, 2.75) is 38.3 Å².